The van der Waals surface area contributed by atoms with Crippen molar-refractivity contribution in [2.45, 2.75) is 38.9 Å². The van der Waals surface area contributed by atoms with E-state index < -0.39 is 0 Å². The number of H-pyrrole nitrogens is 1. The molecule has 5 nitrogen and oxygen atoms in total. The standard InChI is InChI=1S/C19H23N3O2/c1-13-3-4-14(9-18(13)22-23)12-24-19(2)7-5-17-16(10-19)15(6-8-20)11-21-17/h3-5,7,9,11,21H,6,8,10,12,20H2,1-2H3. The fraction of sp³-hybridized carbons (Fsp3) is 0.368. The molecule has 0 amide bonds. The summed E-state index contributed by atoms with van der Waals surface area (Å²) >= 11 is 0. The molecule has 1 aliphatic carbocycles. The molecule has 0 spiro atoms. The van der Waals surface area contributed by atoms with E-state index in [0.717, 1.165) is 29.7 Å². The second-order valence-corrected chi connectivity index (χ2v) is 6.57. The molecular weight excluding hydrogens is 302 g/mol. The molecule has 5 heteroatoms. The van der Waals surface area contributed by atoms with Crippen molar-refractivity contribution in [3.63, 3.8) is 0 Å². The number of hydrogen-bond acceptors (Lipinski definition) is 4. The highest BCUT2D eigenvalue weighted by molar-refractivity contribution is 5.58. The van der Waals surface area contributed by atoms with Gasteiger partial charge in [-0.1, -0.05) is 18.2 Å². The van der Waals surface area contributed by atoms with Crippen molar-refractivity contribution in [3.8, 4) is 0 Å². The van der Waals surface area contributed by atoms with Gasteiger partial charge in [-0.15, -0.1) is 4.91 Å². The molecule has 2 aromatic rings. The van der Waals surface area contributed by atoms with Crippen LogP contribution < -0.4 is 5.73 Å². The van der Waals surface area contributed by atoms with Gasteiger partial charge < -0.3 is 15.5 Å². The molecule has 3 rings (SSSR count). The summed E-state index contributed by atoms with van der Waals surface area (Å²) in [6.07, 6.45) is 7.87. The van der Waals surface area contributed by atoms with E-state index in [0.29, 0.717) is 18.8 Å². The Morgan fingerprint density at radius 2 is 2.25 bits per heavy atom. The number of aromatic nitrogens is 1. The van der Waals surface area contributed by atoms with Gasteiger partial charge in [0, 0.05) is 18.3 Å². The number of rotatable bonds is 6. The topological polar surface area (TPSA) is 80.5 Å². The zero-order valence-corrected chi connectivity index (χ0v) is 14.1. The van der Waals surface area contributed by atoms with Gasteiger partial charge in [-0.05, 0) is 66.4 Å². The summed E-state index contributed by atoms with van der Waals surface area (Å²) in [6.45, 7) is 5.03. The molecule has 1 atom stereocenters. The molecule has 0 saturated heterocycles. The normalized spacial score (nSPS) is 19.3. The summed E-state index contributed by atoms with van der Waals surface area (Å²) in [5, 5.41) is 3.06. The van der Waals surface area contributed by atoms with Gasteiger partial charge in [-0.25, -0.2) is 0 Å². The van der Waals surface area contributed by atoms with E-state index in [2.05, 4.69) is 29.2 Å². The number of nitrogens with zero attached hydrogens (tertiary/aromatic N) is 1. The number of fused-ring (bicyclic) bond motifs is 1. The maximum absolute atomic E-state index is 10.8. The molecule has 3 N–H and O–H groups in total. The van der Waals surface area contributed by atoms with Crippen LogP contribution in [0.2, 0.25) is 0 Å². The van der Waals surface area contributed by atoms with Gasteiger partial charge >= 0.3 is 0 Å². The van der Waals surface area contributed by atoms with Crippen LogP contribution in [-0.4, -0.2) is 17.1 Å². The molecule has 1 aromatic heterocycles. The second kappa shape index (κ2) is 6.71. The molecule has 0 bridgehead atoms. The molecule has 1 aliphatic rings. The van der Waals surface area contributed by atoms with E-state index in [4.69, 9.17) is 10.5 Å². The summed E-state index contributed by atoms with van der Waals surface area (Å²) < 4.78 is 6.18. The summed E-state index contributed by atoms with van der Waals surface area (Å²) in [5.41, 5.74) is 11.3. The minimum absolute atomic E-state index is 0.377. The predicted octanol–water partition coefficient (Wildman–Crippen LogP) is 3.77. The lowest BCUT2D eigenvalue weighted by Crippen LogP contribution is -2.31. The third kappa shape index (κ3) is 3.32. The van der Waals surface area contributed by atoms with Crippen LogP contribution in [0.3, 0.4) is 0 Å². The summed E-state index contributed by atoms with van der Waals surface area (Å²) in [5.74, 6) is 0. The molecule has 0 aliphatic heterocycles. The van der Waals surface area contributed by atoms with Gasteiger partial charge in [-0.2, -0.15) is 0 Å². The van der Waals surface area contributed by atoms with Crippen LogP contribution in [-0.2, 0) is 24.2 Å². The first-order valence-electron chi connectivity index (χ1n) is 8.20. The Labute approximate surface area is 141 Å². The van der Waals surface area contributed by atoms with Crippen molar-refractivity contribution in [1.29, 1.82) is 0 Å². The van der Waals surface area contributed by atoms with Crippen LogP contribution in [0, 0.1) is 11.8 Å². The first-order valence-corrected chi connectivity index (χ1v) is 8.20. The molecule has 1 aromatic carbocycles. The van der Waals surface area contributed by atoms with Crippen LogP contribution in [0.15, 0.2) is 35.6 Å². The van der Waals surface area contributed by atoms with Crippen molar-refractivity contribution in [1.82, 2.24) is 4.98 Å². The first-order chi connectivity index (χ1) is 11.5. The van der Waals surface area contributed by atoms with Crippen molar-refractivity contribution >= 4 is 11.8 Å². The van der Waals surface area contributed by atoms with Gasteiger partial charge in [0.25, 0.3) is 0 Å². The van der Waals surface area contributed by atoms with E-state index in [1.807, 2.05) is 25.3 Å². The minimum atomic E-state index is -0.377. The second-order valence-electron chi connectivity index (χ2n) is 6.57. The Bertz CT molecular complexity index is 779. The van der Waals surface area contributed by atoms with Gasteiger partial charge in [-0.3, -0.25) is 0 Å². The Morgan fingerprint density at radius 1 is 1.42 bits per heavy atom. The zero-order chi connectivity index (χ0) is 17.2. The van der Waals surface area contributed by atoms with Crippen LogP contribution >= 0.6 is 0 Å². The largest absolute Gasteiger partial charge is 0.366 e. The molecule has 0 saturated carbocycles. The maximum atomic E-state index is 10.8. The third-order valence-electron chi connectivity index (χ3n) is 4.60. The third-order valence-corrected chi connectivity index (χ3v) is 4.60. The fourth-order valence-corrected chi connectivity index (χ4v) is 3.11. The number of ether oxygens (including phenoxy) is 1. The lowest BCUT2D eigenvalue weighted by molar-refractivity contribution is -0.00673. The molecule has 126 valence electrons. The van der Waals surface area contributed by atoms with Gasteiger partial charge in [0.2, 0.25) is 0 Å². The van der Waals surface area contributed by atoms with Crippen LogP contribution in [0.25, 0.3) is 6.08 Å². The van der Waals surface area contributed by atoms with E-state index in [1.165, 1.54) is 11.1 Å². The van der Waals surface area contributed by atoms with E-state index in [-0.39, 0.29) is 5.60 Å². The summed E-state index contributed by atoms with van der Waals surface area (Å²) in [7, 11) is 0. The van der Waals surface area contributed by atoms with E-state index in [9.17, 15) is 4.91 Å². The van der Waals surface area contributed by atoms with Crippen molar-refractivity contribution in [3.05, 3.63) is 63.3 Å². The van der Waals surface area contributed by atoms with E-state index in [1.54, 1.807) is 6.07 Å². The average molecular weight is 325 g/mol. The quantitative estimate of drug-likeness (QED) is 0.793. The molecule has 1 heterocycles. The monoisotopic (exact) mass is 325 g/mol. The lowest BCUT2D eigenvalue weighted by Gasteiger charge is -2.30. The number of nitroso groups, excluding NO2 is 1. The number of nitrogens with two attached hydrogens (primary N) is 1. The zero-order valence-electron chi connectivity index (χ0n) is 14.1. The van der Waals surface area contributed by atoms with Crippen molar-refractivity contribution in [2.24, 2.45) is 10.9 Å². The van der Waals surface area contributed by atoms with Crippen LogP contribution in [0.5, 0.6) is 0 Å². The molecule has 0 radical (unpaired) electrons. The highest BCUT2D eigenvalue weighted by atomic mass is 16.5. The Balaban J connectivity index is 1.73. The first kappa shape index (κ1) is 16.6. The number of hydrogen-bond donors (Lipinski definition) is 2. The number of aromatic amines is 1. The number of aryl methyl sites for hydroxylation is 1. The molecule has 1 unspecified atom stereocenters. The van der Waals surface area contributed by atoms with Crippen molar-refractivity contribution < 1.29 is 4.74 Å². The highest BCUT2D eigenvalue weighted by Gasteiger charge is 2.29. The smallest absolute Gasteiger partial charge is 0.111 e. The fourth-order valence-electron chi connectivity index (χ4n) is 3.11. The number of nitrogens with one attached hydrogen (secondary N) is 1. The van der Waals surface area contributed by atoms with Crippen LogP contribution in [0.4, 0.5) is 5.69 Å². The predicted molar refractivity (Wildman–Crippen MR) is 96.1 cm³/mol. The maximum Gasteiger partial charge on any atom is 0.111 e. The summed E-state index contributed by atoms with van der Waals surface area (Å²) in [6, 6.07) is 5.67. The summed E-state index contributed by atoms with van der Waals surface area (Å²) in [4.78, 5) is 14.1. The Kier molecular flexibility index (Phi) is 4.64. The SMILES string of the molecule is Cc1ccc(COC2(C)C=Cc3[nH]cc(CCN)c3C2)cc1N=O. The van der Waals surface area contributed by atoms with Crippen LogP contribution in [0.1, 0.15) is 34.9 Å². The molecular formula is C19H23N3O2. The Hall–Kier alpha value is -2.24. The van der Waals surface area contributed by atoms with Crippen molar-refractivity contribution in [2.75, 3.05) is 6.54 Å². The minimum Gasteiger partial charge on any atom is -0.366 e. The van der Waals surface area contributed by atoms with Gasteiger partial charge in [0.15, 0.2) is 0 Å². The molecule has 0 fully saturated rings. The van der Waals surface area contributed by atoms with E-state index >= 15 is 0 Å². The van der Waals surface area contributed by atoms with Gasteiger partial charge in [0.1, 0.15) is 5.69 Å². The number of benzene rings is 1. The highest BCUT2D eigenvalue weighted by Crippen LogP contribution is 2.32. The van der Waals surface area contributed by atoms with Gasteiger partial charge in [0.05, 0.1) is 12.2 Å². The Morgan fingerprint density at radius 3 is 3.00 bits per heavy atom. The molecule has 24 heavy (non-hydrogen) atoms. The lowest BCUT2D eigenvalue weighted by atomic mass is 9.88. The average Bonchev–Trinajstić information content (AvgIpc) is 2.96.